The highest BCUT2D eigenvalue weighted by Gasteiger charge is 2.39. The Morgan fingerprint density at radius 2 is 1.63 bits per heavy atom. The molecule has 0 bridgehead atoms. The van der Waals surface area contributed by atoms with Gasteiger partial charge in [-0.05, 0) is 62.0 Å². The molecule has 2 aromatic carbocycles. The van der Waals surface area contributed by atoms with E-state index in [0.717, 1.165) is 23.2 Å². The van der Waals surface area contributed by atoms with Crippen LogP contribution in [0.15, 0.2) is 48.8 Å². The van der Waals surface area contributed by atoms with Crippen LogP contribution in [0.5, 0.6) is 11.5 Å². The highest BCUT2D eigenvalue weighted by Crippen LogP contribution is 2.33. The first-order valence-corrected chi connectivity index (χ1v) is 14.7. The summed E-state index contributed by atoms with van der Waals surface area (Å²) in [4.78, 5) is 45.5. The number of benzene rings is 2. The number of nitrogens with zero attached hydrogens (tertiary/aromatic N) is 2. The van der Waals surface area contributed by atoms with Crippen molar-refractivity contribution < 1.29 is 69.9 Å². The molecule has 280 valence electrons. The molecule has 14 nitrogen and oxygen atoms in total. The van der Waals surface area contributed by atoms with Crippen molar-refractivity contribution in [3.05, 3.63) is 59.9 Å². The second-order valence-corrected chi connectivity index (χ2v) is 10.7. The van der Waals surface area contributed by atoms with E-state index < -0.39 is 30.2 Å². The van der Waals surface area contributed by atoms with Gasteiger partial charge in [0.25, 0.3) is 5.91 Å². The number of ether oxygens (including phenoxy) is 3. The Morgan fingerprint density at radius 1 is 0.980 bits per heavy atom. The van der Waals surface area contributed by atoms with Crippen molar-refractivity contribution in [1.29, 1.82) is 0 Å². The molecule has 0 saturated heterocycles. The number of anilines is 1. The van der Waals surface area contributed by atoms with Crippen molar-refractivity contribution >= 4 is 29.4 Å². The second kappa shape index (κ2) is 19.1. The summed E-state index contributed by atoms with van der Waals surface area (Å²) in [6.45, 7) is 2.32. The van der Waals surface area contributed by atoms with Crippen LogP contribution in [0.25, 0.3) is 11.1 Å². The molecule has 51 heavy (non-hydrogen) atoms. The van der Waals surface area contributed by atoms with Gasteiger partial charge in [-0.15, -0.1) is 0 Å². The fraction of sp³-hybridized carbons (Fsp3) is 0.387. The van der Waals surface area contributed by atoms with Crippen LogP contribution in [0.4, 0.5) is 32.0 Å². The van der Waals surface area contributed by atoms with Crippen molar-refractivity contribution in [3.63, 3.8) is 0 Å². The minimum Gasteiger partial charge on any atom is -0.492 e. The number of fused-ring (bicyclic) bond motifs is 1. The molecule has 1 aliphatic rings. The van der Waals surface area contributed by atoms with Crippen LogP contribution in [0.2, 0.25) is 0 Å². The van der Waals surface area contributed by atoms with E-state index in [2.05, 4.69) is 20.8 Å². The number of halogens is 6. The number of carboxylic acid groups (broad SMARTS) is 2. The summed E-state index contributed by atoms with van der Waals surface area (Å²) in [5.41, 5.74) is 3.79. The van der Waals surface area contributed by atoms with Crippen molar-refractivity contribution in [2.75, 3.05) is 59.4 Å². The monoisotopic (exact) mass is 735 g/mol. The Kier molecular flexibility index (Phi) is 15.7. The second-order valence-electron chi connectivity index (χ2n) is 10.7. The van der Waals surface area contributed by atoms with E-state index >= 15 is 0 Å². The van der Waals surface area contributed by atoms with Crippen LogP contribution < -0.4 is 20.1 Å². The number of amides is 2. The Balaban J connectivity index is 0.000000543. The van der Waals surface area contributed by atoms with Crippen molar-refractivity contribution in [3.8, 4) is 22.6 Å². The third-order valence-corrected chi connectivity index (χ3v) is 6.54. The maximum Gasteiger partial charge on any atom is 0.490 e. The quantitative estimate of drug-likeness (QED) is 0.142. The molecule has 2 heterocycles. The van der Waals surface area contributed by atoms with Gasteiger partial charge in [0.15, 0.2) is 0 Å². The first-order valence-electron chi connectivity index (χ1n) is 14.7. The number of aromatic nitrogens is 2. The normalized spacial score (nSPS) is 13.6. The number of hydrogen-bond acceptors (Lipinski definition) is 9. The largest absolute Gasteiger partial charge is 0.492 e. The van der Waals surface area contributed by atoms with Gasteiger partial charge in [0, 0.05) is 37.5 Å². The zero-order valence-electron chi connectivity index (χ0n) is 27.4. The van der Waals surface area contributed by atoms with E-state index in [9.17, 15) is 35.9 Å². The van der Waals surface area contributed by atoms with Gasteiger partial charge in [0.2, 0.25) is 5.91 Å². The Hall–Kier alpha value is -5.37. The van der Waals surface area contributed by atoms with Crippen molar-refractivity contribution in [1.82, 2.24) is 20.4 Å². The highest BCUT2D eigenvalue weighted by molar-refractivity contribution is 5.96. The van der Waals surface area contributed by atoms with Gasteiger partial charge in [-0.1, -0.05) is 6.07 Å². The number of likely N-dealkylation sites (N-methyl/N-ethyl adjacent to an activating group) is 1. The fourth-order valence-electron chi connectivity index (χ4n) is 3.98. The Labute approximate surface area is 286 Å². The highest BCUT2D eigenvalue weighted by atomic mass is 19.4. The zero-order valence-corrected chi connectivity index (χ0v) is 27.4. The van der Waals surface area contributed by atoms with Crippen LogP contribution in [0.3, 0.4) is 0 Å². The van der Waals surface area contributed by atoms with E-state index in [4.69, 9.17) is 34.0 Å². The number of aliphatic carboxylic acids is 2. The molecule has 0 radical (unpaired) electrons. The number of carbonyl (C=O) groups is 4. The van der Waals surface area contributed by atoms with Gasteiger partial charge in [-0.25, -0.2) is 9.59 Å². The lowest BCUT2D eigenvalue weighted by Gasteiger charge is -2.25. The number of alkyl halides is 6. The molecule has 20 heteroatoms. The summed E-state index contributed by atoms with van der Waals surface area (Å²) in [7, 11) is 5.54. The lowest BCUT2D eigenvalue weighted by molar-refractivity contribution is -0.193. The lowest BCUT2D eigenvalue weighted by Crippen LogP contribution is -2.33. The molecule has 1 atom stereocenters. The SMILES string of the molecule is COCCNC(=O)c1ccc2c(c1)CC(C(=O)Nc1ccc(-c3cn[nH]c3)cc1OCCN(C)C)CO2.O=C(O)C(F)(F)F.O=C(O)C(F)(F)F. The van der Waals surface area contributed by atoms with Crippen LogP contribution >= 0.6 is 0 Å². The van der Waals surface area contributed by atoms with Crippen LogP contribution in [0, 0.1) is 5.92 Å². The van der Waals surface area contributed by atoms with E-state index in [-0.39, 0.29) is 18.4 Å². The minimum absolute atomic E-state index is 0.172. The van der Waals surface area contributed by atoms with E-state index in [0.29, 0.717) is 48.9 Å². The van der Waals surface area contributed by atoms with E-state index in [1.54, 1.807) is 37.7 Å². The summed E-state index contributed by atoms with van der Waals surface area (Å²) >= 11 is 0. The number of aromatic amines is 1. The third-order valence-electron chi connectivity index (χ3n) is 6.54. The first kappa shape index (κ1) is 41.8. The van der Waals surface area contributed by atoms with Gasteiger partial charge < -0.3 is 40.0 Å². The summed E-state index contributed by atoms with van der Waals surface area (Å²) in [5.74, 6) is -5.02. The number of hydrogen-bond donors (Lipinski definition) is 5. The predicted octanol–water partition coefficient (Wildman–Crippen LogP) is 3.85. The molecule has 0 fully saturated rings. The van der Waals surface area contributed by atoms with Crippen LogP contribution in [-0.4, -0.2) is 116 Å². The maximum atomic E-state index is 13.3. The van der Waals surface area contributed by atoms with E-state index in [1.165, 1.54) is 0 Å². The summed E-state index contributed by atoms with van der Waals surface area (Å²) in [6.07, 6.45) is -6.16. The van der Waals surface area contributed by atoms with Gasteiger partial charge in [0.05, 0.1) is 24.4 Å². The van der Waals surface area contributed by atoms with Crippen molar-refractivity contribution in [2.45, 2.75) is 18.8 Å². The van der Waals surface area contributed by atoms with Crippen LogP contribution in [-0.2, 0) is 25.5 Å². The molecule has 1 aromatic heterocycles. The molecule has 3 aromatic rings. The maximum absolute atomic E-state index is 13.3. The lowest BCUT2D eigenvalue weighted by atomic mass is 9.94. The summed E-state index contributed by atoms with van der Waals surface area (Å²) < 4.78 is 80.4. The smallest absolute Gasteiger partial charge is 0.490 e. The Bertz CT molecular complexity index is 1590. The van der Waals surface area contributed by atoms with E-state index in [1.807, 2.05) is 37.2 Å². The number of carbonyl (C=O) groups excluding carboxylic acids is 2. The molecule has 5 N–H and O–H groups in total. The van der Waals surface area contributed by atoms with Gasteiger partial charge in [-0.3, -0.25) is 14.7 Å². The fourth-order valence-corrected chi connectivity index (χ4v) is 3.98. The first-order chi connectivity index (χ1) is 23.8. The Morgan fingerprint density at radius 3 is 2.18 bits per heavy atom. The molecule has 0 aliphatic carbocycles. The topological polar surface area (TPSA) is 192 Å². The number of H-pyrrole nitrogens is 1. The number of rotatable bonds is 11. The summed E-state index contributed by atoms with van der Waals surface area (Å²) in [5, 5.41) is 26.9. The zero-order chi connectivity index (χ0) is 38.4. The standard InChI is InChI=1S/C27H33N5O5.2C2HF3O2/c1-32(2)9-11-36-25-14-18(22-15-29-30-16-22)4-6-23(25)31-27(34)21-13-20-12-19(5-7-24(20)37-17-21)26(33)28-8-10-35-3;2*3-2(4,5)1(6)7/h4-7,12,14-16,21H,8-11,13,17H2,1-3H3,(H,28,33)(H,29,30)(H,31,34);2*(H,6,7). The molecule has 0 spiro atoms. The average molecular weight is 736 g/mol. The van der Waals surface area contributed by atoms with Crippen molar-refractivity contribution in [2.24, 2.45) is 5.92 Å². The van der Waals surface area contributed by atoms with Crippen LogP contribution in [0.1, 0.15) is 15.9 Å². The van der Waals surface area contributed by atoms with Gasteiger partial charge in [-0.2, -0.15) is 31.4 Å². The number of carboxylic acids is 2. The number of nitrogens with one attached hydrogen (secondary N) is 3. The van der Waals surface area contributed by atoms with Gasteiger partial charge >= 0.3 is 24.3 Å². The summed E-state index contributed by atoms with van der Waals surface area (Å²) in [6, 6.07) is 10.9. The predicted molar refractivity (Wildman–Crippen MR) is 167 cm³/mol. The third kappa shape index (κ3) is 14.2. The number of methoxy groups -OCH3 is 1. The van der Waals surface area contributed by atoms with Gasteiger partial charge in [0.1, 0.15) is 24.7 Å². The molecule has 1 unspecified atom stereocenters. The minimum atomic E-state index is -5.08. The molecule has 4 rings (SSSR count). The molecule has 2 amide bonds. The molecule has 1 aliphatic heterocycles. The molecular formula is C31H35F6N5O9. The molecule has 0 saturated carbocycles. The molecular weight excluding hydrogens is 700 g/mol. The average Bonchev–Trinajstić information content (AvgIpc) is 3.60.